The molecule has 0 nitrogen and oxygen atoms in total. The fraction of sp³-hybridized carbons (Fsp3) is 0.143. The Morgan fingerprint density at radius 3 is 2.33 bits per heavy atom. The molecule has 0 spiro atoms. The van der Waals surface area contributed by atoms with E-state index in [9.17, 15) is 8.78 Å². The fourth-order valence-corrected chi connectivity index (χ4v) is 2.69. The Labute approximate surface area is 99.1 Å². The minimum Gasteiger partial charge on any atom is -0.205 e. The third kappa shape index (κ3) is 2.38. The second-order valence-electron chi connectivity index (χ2n) is 2.09. The highest BCUT2D eigenvalue weighted by molar-refractivity contribution is 14.1. The number of alkyl halides is 2. The van der Waals surface area contributed by atoms with Gasteiger partial charge < -0.3 is 0 Å². The summed E-state index contributed by atoms with van der Waals surface area (Å²) in [5.74, 6) is 0. The molecule has 0 bridgehead atoms. The van der Waals surface area contributed by atoms with E-state index < -0.39 is 6.43 Å². The van der Waals surface area contributed by atoms with Gasteiger partial charge in [0, 0.05) is 18.1 Å². The third-order valence-corrected chi connectivity index (χ3v) is 3.92. The quantitative estimate of drug-likeness (QED) is 0.462. The monoisotopic (exact) mass is 410 g/mol. The molecule has 0 aliphatic rings. The predicted octanol–water partition coefficient (Wildman–Crippen LogP) is 4.75. The van der Waals surface area contributed by atoms with E-state index in [1.165, 1.54) is 6.07 Å². The van der Waals surface area contributed by atoms with Crippen LogP contribution < -0.4 is 0 Å². The summed E-state index contributed by atoms with van der Waals surface area (Å²) < 4.78 is 26.5. The molecule has 1 aromatic rings. The standard InChI is InChI=1S/C7H3Br2F2I/c8-5-2-3(12)1-4(6(5)9)7(10)11/h1-2,7H. The van der Waals surface area contributed by atoms with Crippen LogP contribution in [0.3, 0.4) is 0 Å². The van der Waals surface area contributed by atoms with Gasteiger partial charge in [-0.1, -0.05) is 0 Å². The minimum atomic E-state index is -2.44. The smallest absolute Gasteiger partial charge is 0.205 e. The highest BCUT2D eigenvalue weighted by Crippen LogP contribution is 2.34. The lowest BCUT2D eigenvalue weighted by atomic mass is 10.2. The maximum atomic E-state index is 12.3. The molecule has 1 rings (SSSR count). The van der Waals surface area contributed by atoms with Crippen LogP contribution in [0.15, 0.2) is 21.1 Å². The summed E-state index contributed by atoms with van der Waals surface area (Å²) in [6.45, 7) is 0. The van der Waals surface area contributed by atoms with Crippen LogP contribution >= 0.6 is 54.5 Å². The van der Waals surface area contributed by atoms with Crippen molar-refractivity contribution < 1.29 is 8.78 Å². The Bertz CT molecular complexity index is 302. The molecule has 0 N–H and O–H groups in total. The van der Waals surface area contributed by atoms with Gasteiger partial charge in [0.1, 0.15) is 0 Å². The molecule has 0 saturated carbocycles. The SMILES string of the molecule is FC(F)c1cc(I)cc(Br)c1Br. The van der Waals surface area contributed by atoms with Crippen molar-refractivity contribution >= 4 is 54.5 Å². The Morgan fingerprint density at radius 1 is 1.25 bits per heavy atom. The molecule has 0 amide bonds. The van der Waals surface area contributed by atoms with Crippen molar-refractivity contribution in [3.8, 4) is 0 Å². The van der Waals surface area contributed by atoms with Crippen LogP contribution in [-0.4, -0.2) is 0 Å². The zero-order valence-electron chi connectivity index (χ0n) is 5.62. The van der Waals surface area contributed by atoms with E-state index in [0.717, 1.165) is 3.57 Å². The second-order valence-corrected chi connectivity index (χ2v) is 4.98. The van der Waals surface area contributed by atoms with E-state index in [-0.39, 0.29) is 5.56 Å². The molecule has 0 saturated heterocycles. The number of hydrogen-bond donors (Lipinski definition) is 0. The Hall–Kier alpha value is 0.770. The van der Waals surface area contributed by atoms with Crippen LogP contribution in [0, 0.1) is 3.57 Å². The van der Waals surface area contributed by atoms with Crippen LogP contribution in [0.1, 0.15) is 12.0 Å². The zero-order valence-corrected chi connectivity index (χ0v) is 11.0. The average molecular weight is 412 g/mol. The first-order valence-corrected chi connectivity index (χ1v) is 5.61. The molecule has 66 valence electrons. The molecule has 0 aliphatic heterocycles. The van der Waals surface area contributed by atoms with E-state index in [4.69, 9.17) is 0 Å². The first-order chi connectivity index (χ1) is 5.52. The molecule has 0 aliphatic carbocycles. The molecular weight excluding hydrogens is 409 g/mol. The van der Waals surface area contributed by atoms with Gasteiger partial charge in [0.05, 0.1) is 0 Å². The second kappa shape index (κ2) is 4.32. The van der Waals surface area contributed by atoms with E-state index in [0.29, 0.717) is 8.95 Å². The maximum absolute atomic E-state index is 12.3. The van der Waals surface area contributed by atoms with Gasteiger partial charge in [0.2, 0.25) is 0 Å². The zero-order chi connectivity index (χ0) is 9.30. The normalized spacial score (nSPS) is 10.8. The van der Waals surface area contributed by atoms with Crippen molar-refractivity contribution in [1.82, 2.24) is 0 Å². The molecule has 12 heavy (non-hydrogen) atoms. The largest absolute Gasteiger partial charge is 0.265 e. The van der Waals surface area contributed by atoms with Crippen LogP contribution in [0.2, 0.25) is 0 Å². The van der Waals surface area contributed by atoms with Gasteiger partial charge in [-0.3, -0.25) is 0 Å². The van der Waals surface area contributed by atoms with Gasteiger partial charge in [-0.2, -0.15) is 0 Å². The van der Waals surface area contributed by atoms with Crippen molar-refractivity contribution in [2.24, 2.45) is 0 Å². The van der Waals surface area contributed by atoms with E-state index in [1.54, 1.807) is 6.07 Å². The van der Waals surface area contributed by atoms with Gasteiger partial charge >= 0.3 is 0 Å². The molecule has 1 aromatic carbocycles. The van der Waals surface area contributed by atoms with Crippen molar-refractivity contribution in [2.45, 2.75) is 6.43 Å². The fourth-order valence-electron chi connectivity index (χ4n) is 0.735. The Morgan fingerprint density at radius 2 is 1.83 bits per heavy atom. The summed E-state index contributed by atoms with van der Waals surface area (Å²) in [5, 5.41) is 0. The van der Waals surface area contributed by atoms with Crippen LogP contribution in [0.25, 0.3) is 0 Å². The molecule has 0 radical (unpaired) electrons. The average Bonchev–Trinajstić information content (AvgIpc) is 1.96. The number of hydrogen-bond acceptors (Lipinski definition) is 0. The highest BCUT2D eigenvalue weighted by atomic mass is 127. The number of benzene rings is 1. The van der Waals surface area contributed by atoms with Crippen LogP contribution in [0.5, 0.6) is 0 Å². The summed E-state index contributed by atoms with van der Waals surface area (Å²) in [4.78, 5) is 0. The minimum absolute atomic E-state index is 0.0220. The van der Waals surface area contributed by atoms with Gasteiger partial charge in [-0.25, -0.2) is 8.78 Å². The predicted molar refractivity (Wildman–Crippen MR) is 59.5 cm³/mol. The Balaban J connectivity index is 3.28. The van der Waals surface area contributed by atoms with Crippen LogP contribution in [-0.2, 0) is 0 Å². The van der Waals surface area contributed by atoms with E-state index >= 15 is 0 Å². The van der Waals surface area contributed by atoms with Crippen molar-refractivity contribution in [1.29, 1.82) is 0 Å². The molecule has 5 heteroatoms. The van der Waals surface area contributed by atoms with Crippen molar-refractivity contribution in [2.75, 3.05) is 0 Å². The van der Waals surface area contributed by atoms with Gasteiger partial charge in [0.15, 0.2) is 0 Å². The highest BCUT2D eigenvalue weighted by Gasteiger charge is 2.14. The first kappa shape index (κ1) is 10.8. The number of halogens is 5. The summed E-state index contributed by atoms with van der Waals surface area (Å²) in [7, 11) is 0. The maximum Gasteiger partial charge on any atom is 0.265 e. The summed E-state index contributed by atoms with van der Waals surface area (Å²) in [5.41, 5.74) is 0.0220. The summed E-state index contributed by atoms with van der Waals surface area (Å²) >= 11 is 8.26. The molecular formula is C7H3Br2F2I. The number of rotatable bonds is 1. The summed E-state index contributed by atoms with van der Waals surface area (Å²) in [6.07, 6.45) is -2.44. The lowest BCUT2D eigenvalue weighted by molar-refractivity contribution is 0.150. The molecule has 0 unspecified atom stereocenters. The van der Waals surface area contributed by atoms with E-state index in [1.807, 2.05) is 22.6 Å². The van der Waals surface area contributed by atoms with Gasteiger partial charge in [0.25, 0.3) is 6.43 Å². The Kier molecular flexibility index (Phi) is 3.91. The lowest BCUT2D eigenvalue weighted by Crippen LogP contribution is -1.88. The molecule has 0 aromatic heterocycles. The lowest BCUT2D eigenvalue weighted by Gasteiger charge is -2.05. The van der Waals surface area contributed by atoms with Crippen molar-refractivity contribution in [3.63, 3.8) is 0 Å². The topological polar surface area (TPSA) is 0 Å². The van der Waals surface area contributed by atoms with Gasteiger partial charge in [-0.15, -0.1) is 0 Å². The van der Waals surface area contributed by atoms with Gasteiger partial charge in [-0.05, 0) is 66.6 Å². The molecule has 0 atom stereocenters. The molecule has 0 fully saturated rings. The molecule has 0 heterocycles. The summed E-state index contributed by atoms with van der Waals surface area (Å²) in [6, 6.07) is 3.23. The first-order valence-electron chi connectivity index (χ1n) is 2.95. The van der Waals surface area contributed by atoms with Crippen LogP contribution in [0.4, 0.5) is 8.78 Å². The van der Waals surface area contributed by atoms with Crippen molar-refractivity contribution in [3.05, 3.63) is 30.2 Å². The third-order valence-electron chi connectivity index (χ3n) is 1.26. The van der Waals surface area contributed by atoms with E-state index in [2.05, 4.69) is 31.9 Å².